The minimum atomic E-state index is -0.125. The van der Waals surface area contributed by atoms with Gasteiger partial charge in [-0.2, -0.15) is 0 Å². The van der Waals surface area contributed by atoms with Crippen LogP contribution in [0.2, 0.25) is 0 Å². The van der Waals surface area contributed by atoms with E-state index in [2.05, 4.69) is 46.5 Å². The second kappa shape index (κ2) is 8.44. The van der Waals surface area contributed by atoms with Crippen molar-refractivity contribution in [2.75, 3.05) is 12.3 Å². The average molecular weight is 349 g/mol. The fraction of sp³-hybridized carbons (Fsp3) is 0.150. The molecule has 0 aliphatic carbocycles. The van der Waals surface area contributed by atoms with Gasteiger partial charge in [-0.05, 0) is 37.3 Å². The van der Waals surface area contributed by atoms with E-state index in [0.29, 0.717) is 12.2 Å². The zero-order valence-electron chi connectivity index (χ0n) is 14.0. The number of carbonyl (C=O) groups excluding carboxylic acids is 1. The van der Waals surface area contributed by atoms with E-state index in [1.165, 1.54) is 16.5 Å². The molecule has 1 aromatic heterocycles. The molecule has 0 fully saturated rings. The van der Waals surface area contributed by atoms with E-state index in [-0.39, 0.29) is 5.91 Å². The Morgan fingerprint density at radius 2 is 1.88 bits per heavy atom. The molecular weight excluding hydrogens is 330 g/mol. The summed E-state index contributed by atoms with van der Waals surface area (Å²) in [6, 6.07) is 16.0. The number of hydrogen-bond donors (Lipinski definition) is 1. The van der Waals surface area contributed by atoms with Crippen molar-refractivity contribution in [3.8, 4) is 0 Å². The number of hydrogen-bond acceptors (Lipinski definition) is 4. The molecule has 0 aliphatic heterocycles. The van der Waals surface area contributed by atoms with Crippen molar-refractivity contribution in [1.29, 1.82) is 0 Å². The number of amides is 1. The quantitative estimate of drug-likeness (QED) is 0.417. The van der Waals surface area contributed by atoms with Crippen LogP contribution < -0.4 is 5.32 Å². The lowest BCUT2D eigenvalue weighted by Gasteiger charge is -2.03. The Labute approximate surface area is 151 Å². The first-order chi connectivity index (χ1) is 12.2. The van der Waals surface area contributed by atoms with Gasteiger partial charge in [-0.1, -0.05) is 29.8 Å². The number of para-hydroxylation sites is 2. The zero-order valence-corrected chi connectivity index (χ0v) is 14.8. The van der Waals surface area contributed by atoms with E-state index >= 15 is 0 Å². The van der Waals surface area contributed by atoms with Crippen LogP contribution in [0.25, 0.3) is 17.1 Å². The normalized spacial score (nSPS) is 11.1. The van der Waals surface area contributed by atoms with Crippen LogP contribution in [-0.2, 0) is 4.79 Å². The highest BCUT2D eigenvalue weighted by molar-refractivity contribution is 7.99. The Balaban J connectivity index is 1.46. The molecule has 0 saturated heterocycles. The molecule has 3 rings (SSSR count). The van der Waals surface area contributed by atoms with Gasteiger partial charge in [0.15, 0.2) is 0 Å². The van der Waals surface area contributed by atoms with E-state index in [0.717, 1.165) is 16.8 Å². The molecule has 5 heteroatoms. The number of aryl methyl sites for hydroxylation is 1. The predicted molar refractivity (Wildman–Crippen MR) is 103 cm³/mol. The van der Waals surface area contributed by atoms with Crippen LogP contribution in [0, 0.1) is 6.92 Å². The summed E-state index contributed by atoms with van der Waals surface area (Å²) in [5.74, 6) is 0.706. The summed E-state index contributed by atoms with van der Waals surface area (Å²) < 4.78 is 0. The first kappa shape index (κ1) is 17.2. The van der Waals surface area contributed by atoms with Crippen LogP contribution in [0.1, 0.15) is 11.3 Å². The van der Waals surface area contributed by atoms with Crippen LogP contribution in [0.3, 0.4) is 0 Å². The Morgan fingerprint density at radius 3 is 2.68 bits per heavy atom. The van der Waals surface area contributed by atoms with Gasteiger partial charge >= 0.3 is 0 Å². The van der Waals surface area contributed by atoms with Gasteiger partial charge in [0.25, 0.3) is 0 Å². The van der Waals surface area contributed by atoms with Crippen LogP contribution in [0.15, 0.2) is 65.7 Å². The molecule has 0 unspecified atom stereocenters. The van der Waals surface area contributed by atoms with Gasteiger partial charge in [0.05, 0.1) is 22.9 Å². The van der Waals surface area contributed by atoms with Crippen LogP contribution in [-0.4, -0.2) is 28.2 Å². The van der Waals surface area contributed by atoms with Gasteiger partial charge in [0.2, 0.25) is 5.91 Å². The maximum absolute atomic E-state index is 11.9. The zero-order chi connectivity index (χ0) is 17.5. The van der Waals surface area contributed by atoms with E-state index in [1.54, 1.807) is 24.0 Å². The monoisotopic (exact) mass is 349 g/mol. The second-order valence-corrected chi connectivity index (χ2v) is 6.74. The molecule has 0 bridgehead atoms. The van der Waals surface area contributed by atoms with Gasteiger partial charge in [0, 0.05) is 23.3 Å². The SMILES string of the molecule is Cc1ccc(SCCNC(=O)/C=C/c2cnc3ccccc3n2)cc1. The largest absolute Gasteiger partial charge is 0.352 e. The van der Waals surface area contributed by atoms with Crippen molar-refractivity contribution >= 4 is 34.8 Å². The summed E-state index contributed by atoms with van der Waals surface area (Å²) in [6.07, 6.45) is 4.84. The molecule has 0 spiro atoms. The first-order valence-corrected chi connectivity index (χ1v) is 9.06. The number of benzene rings is 2. The molecule has 126 valence electrons. The minimum Gasteiger partial charge on any atom is -0.352 e. The molecule has 0 aliphatic rings. The fourth-order valence-corrected chi connectivity index (χ4v) is 3.02. The third kappa shape index (κ3) is 5.16. The molecular formula is C20H19N3OS. The average Bonchev–Trinajstić information content (AvgIpc) is 2.65. The highest BCUT2D eigenvalue weighted by Gasteiger charge is 1.99. The Morgan fingerprint density at radius 1 is 1.12 bits per heavy atom. The Kier molecular flexibility index (Phi) is 5.80. The van der Waals surface area contributed by atoms with Crippen LogP contribution >= 0.6 is 11.8 Å². The number of aromatic nitrogens is 2. The highest BCUT2D eigenvalue weighted by Crippen LogP contribution is 2.17. The van der Waals surface area contributed by atoms with E-state index in [4.69, 9.17) is 0 Å². The van der Waals surface area contributed by atoms with Crippen molar-refractivity contribution in [3.05, 3.63) is 72.1 Å². The maximum Gasteiger partial charge on any atom is 0.244 e. The highest BCUT2D eigenvalue weighted by atomic mass is 32.2. The second-order valence-electron chi connectivity index (χ2n) is 5.57. The van der Waals surface area contributed by atoms with Crippen molar-refractivity contribution < 1.29 is 4.79 Å². The Hall–Kier alpha value is -2.66. The maximum atomic E-state index is 11.9. The summed E-state index contributed by atoms with van der Waals surface area (Å²) in [7, 11) is 0. The molecule has 2 aromatic carbocycles. The molecule has 0 saturated carbocycles. The lowest BCUT2D eigenvalue weighted by molar-refractivity contribution is -0.116. The summed E-state index contributed by atoms with van der Waals surface area (Å²) in [6.45, 7) is 2.69. The fourth-order valence-electron chi connectivity index (χ4n) is 2.25. The Bertz CT molecular complexity index is 891. The lowest BCUT2D eigenvalue weighted by Crippen LogP contribution is -2.23. The van der Waals surface area contributed by atoms with E-state index in [9.17, 15) is 4.79 Å². The predicted octanol–water partition coefficient (Wildman–Crippen LogP) is 3.86. The van der Waals surface area contributed by atoms with Crippen LogP contribution in [0.4, 0.5) is 0 Å². The molecule has 1 heterocycles. The molecule has 25 heavy (non-hydrogen) atoms. The standard InChI is InChI=1S/C20H19N3OS/c1-15-6-9-17(10-7-15)25-13-12-21-20(24)11-8-16-14-22-18-4-2-3-5-19(18)23-16/h2-11,14H,12-13H2,1H3,(H,21,24)/b11-8+. The number of fused-ring (bicyclic) bond motifs is 1. The molecule has 3 aromatic rings. The van der Waals surface area contributed by atoms with Gasteiger partial charge in [-0.25, -0.2) is 4.98 Å². The topological polar surface area (TPSA) is 54.9 Å². The summed E-state index contributed by atoms with van der Waals surface area (Å²) in [4.78, 5) is 21.9. The van der Waals surface area contributed by atoms with Gasteiger partial charge < -0.3 is 5.32 Å². The van der Waals surface area contributed by atoms with Crippen molar-refractivity contribution in [2.45, 2.75) is 11.8 Å². The number of rotatable bonds is 6. The minimum absolute atomic E-state index is 0.125. The molecule has 4 nitrogen and oxygen atoms in total. The van der Waals surface area contributed by atoms with Crippen LogP contribution in [0.5, 0.6) is 0 Å². The molecule has 1 N–H and O–H groups in total. The van der Waals surface area contributed by atoms with Gasteiger partial charge in [-0.15, -0.1) is 11.8 Å². The van der Waals surface area contributed by atoms with E-state index < -0.39 is 0 Å². The number of nitrogens with zero attached hydrogens (tertiary/aromatic N) is 2. The van der Waals surface area contributed by atoms with E-state index in [1.807, 2.05) is 24.3 Å². The summed E-state index contributed by atoms with van der Waals surface area (Å²) in [5, 5.41) is 2.88. The molecule has 1 amide bonds. The van der Waals surface area contributed by atoms with Crippen molar-refractivity contribution in [2.24, 2.45) is 0 Å². The number of carbonyl (C=O) groups is 1. The van der Waals surface area contributed by atoms with Gasteiger partial charge in [0.1, 0.15) is 0 Å². The molecule has 0 atom stereocenters. The smallest absolute Gasteiger partial charge is 0.244 e. The van der Waals surface area contributed by atoms with Gasteiger partial charge in [-0.3, -0.25) is 9.78 Å². The molecule has 0 radical (unpaired) electrons. The summed E-state index contributed by atoms with van der Waals surface area (Å²) in [5.41, 5.74) is 3.58. The first-order valence-electron chi connectivity index (χ1n) is 8.08. The van der Waals surface area contributed by atoms with Crippen molar-refractivity contribution in [3.63, 3.8) is 0 Å². The third-order valence-electron chi connectivity index (χ3n) is 3.56. The van der Waals surface area contributed by atoms with Crippen molar-refractivity contribution in [1.82, 2.24) is 15.3 Å². The lowest BCUT2D eigenvalue weighted by atomic mass is 10.2. The third-order valence-corrected chi connectivity index (χ3v) is 4.58. The number of nitrogens with one attached hydrogen (secondary N) is 1. The number of thioether (sulfide) groups is 1. The summed E-state index contributed by atoms with van der Waals surface area (Å²) >= 11 is 1.73.